The van der Waals surface area contributed by atoms with Gasteiger partial charge in [-0.15, -0.1) is 0 Å². The molecule has 6 aromatic heterocycles. The molecule has 9 heteroatoms. The summed E-state index contributed by atoms with van der Waals surface area (Å²) < 4.78 is 0. The SMILES string of the molecule is c1ncc(-c2cnc3[nH]nc(-c4nc5c(-c6ccsc6)ccnc5[nH]4)c3c2)cn1. The molecule has 0 radical (unpaired) electrons. The fraction of sp³-hybridized carbons (Fsp3) is 0. The van der Waals surface area contributed by atoms with Gasteiger partial charge in [-0.25, -0.2) is 24.9 Å². The minimum absolute atomic E-state index is 0.643. The first-order chi connectivity index (χ1) is 14.4. The normalized spacial score (nSPS) is 11.4. The number of nitrogens with one attached hydrogen (secondary N) is 2. The summed E-state index contributed by atoms with van der Waals surface area (Å²) in [5, 5.41) is 12.4. The third kappa shape index (κ3) is 2.59. The van der Waals surface area contributed by atoms with Crippen molar-refractivity contribution in [2.45, 2.75) is 0 Å². The van der Waals surface area contributed by atoms with Gasteiger partial charge in [-0.3, -0.25) is 5.10 Å². The molecule has 0 saturated heterocycles. The van der Waals surface area contributed by atoms with Crippen LogP contribution in [-0.4, -0.2) is 40.1 Å². The summed E-state index contributed by atoms with van der Waals surface area (Å²) in [5.41, 5.74) is 6.89. The zero-order chi connectivity index (χ0) is 19.2. The van der Waals surface area contributed by atoms with Crippen molar-refractivity contribution in [3.8, 4) is 33.8 Å². The topological polar surface area (TPSA) is 109 Å². The summed E-state index contributed by atoms with van der Waals surface area (Å²) in [6, 6.07) is 6.07. The lowest BCUT2D eigenvalue weighted by Crippen LogP contribution is -1.85. The number of pyridine rings is 2. The molecule has 0 unspecified atom stereocenters. The number of thiophene rings is 1. The van der Waals surface area contributed by atoms with E-state index in [1.807, 2.05) is 12.1 Å². The molecule has 0 fully saturated rings. The first kappa shape index (κ1) is 16.0. The Labute approximate surface area is 167 Å². The molecule has 0 atom stereocenters. The van der Waals surface area contributed by atoms with E-state index < -0.39 is 0 Å². The number of nitrogens with zero attached hydrogens (tertiary/aromatic N) is 6. The van der Waals surface area contributed by atoms with Gasteiger partial charge in [0.15, 0.2) is 17.1 Å². The van der Waals surface area contributed by atoms with E-state index in [0.29, 0.717) is 17.2 Å². The fourth-order valence-corrected chi connectivity index (χ4v) is 4.02. The molecular weight excluding hydrogens is 384 g/mol. The van der Waals surface area contributed by atoms with Gasteiger partial charge in [0.05, 0.1) is 5.39 Å². The molecule has 0 aliphatic heterocycles. The Morgan fingerprint density at radius 1 is 0.897 bits per heavy atom. The number of hydrogen-bond donors (Lipinski definition) is 2. The molecule has 138 valence electrons. The Bertz CT molecular complexity index is 1450. The van der Waals surface area contributed by atoms with Crippen LogP contribution < -0.4 is 0 Å². The number of aromatic amines is 2. The third-order valence-corrected chi connectivity index (χ3v) is 5.43. The summed E-state index contributed by atoms with van der Waals surface area (Å²) in [6.07, 6.45) is 8.58. The van der Waals surface area contributed by atoms with Gasteiger partial charge >= 0.3 is 0 Å². The Hall–Kier alpha value is -3.98. The third-order valence-electron chi connectivity index (χ3n) is 4.75. The van der Waals surface area contributed by atoms with Crippen LogP contribution in [0.5, 0.6) is 0 Å². The van der Waals surface area contributed by atoms with Gasteiger partial charge in [0, 0.05) is 41.5 Å². The van der Waals surface area contributed by atoms with Crippen LogP contribution in [0.4, 0.5) is 0 Å². The van der Waals surface area contributed by atoms with Gasteiger partial charge < -0.3 is 4.98 Å². The lowest BCUT2D eigenvalue weighted by atomic mass is 10.1. The standard InChI is InChI=1S/C20H12N8S/c1-3-23-19-16(14(1)11-2-4-29-9-11)25-20(26-19)17-15-5-12(8-24-18(15)28-27-17)13-6-21-10-22-7-13/h1-10H,(H,23,25,26)(H,24,27,28). The molecule has 29 heavy (non-hydrogen) atoms. The van der Waals surface area contributed by atoms with Crippen molar-refractivity contribution in [1.82, 2.24) is 40.1 Å². The fourth-order valence-electron chi connectivity index (χ4n) is 3.36. The van der Waals surface area contributed by atoms with Crippen molar-refractivity contribution >= 4 is 33.5 Å². The number of hydrogen-bond acceptors (Lipinski definition) is 7. The highest BCUT2D eigenvalue weighted by Crippen LogP contribution is 2.32. The predicted molar refractivity (Wildman–Crippen MR) is 111 cm³/mol. The molecule has 0 saturated carbocycles. The van der Waals surface area contributed by atoms with E-state index in [2.05, 4.69) is 51.9 Å². The van der Waals surface area contributed by atoms with Crippen LogP contribution >= 0.6 is 11.3 Å². The van der Waals surface area contributed by atoms with E-state index in [4.69, 9.17) is 4.98 Å². The molecular formula is C20H12N8S. The van der Waals surface area contributed by atoms with Gasteiger partial charge in [0.1, 0.15) is 17.5 Å². The van der Waals surface area contributed by atoms with Crippen LogP contribution in [0.1, 0.15) is 0 Å². The summed E-state index contributed by atoms with van der Waals surface area (Å²) in [4.78, 5) is 25.2. The molecule has 0 aromatic carbocycles. The van der Waals surface area contributed by atoms with Crippen LogP contribution in [0.25, 0.3) is 56.0 Å². The van der Waals surface area contributed by atoms with E-state index >= 15 is 0 Å². The highest BCUT2D eigenvalue weighted by atomic mass is 32.1. The van der Waals surface area contributed by atoms with Crippen LogP contribution in [-0.2, 0) is 0 Å². The quantitative estimate of drug-likeness (QED) is 0.466. The zero-order valence-corrected chi connectivity index (χ0v) is 15.7. The minimum atomic E-state index is 0.643. The maximum atomic E-state index is 4.82. The number of imidazole rings is 1. The highest BCUT2D eigenvalue weighted by molar-refractivity contribution is 7.08. The van der Waals surface area contributed by atoms with Gasteiger partial charge in [-0.2, -0.15) is 16.4 Å². The number of aromatic nitrogens is 8. The number of rotatable bonds is 3. The second-order valence-corrected chi connectivity index (χ2v) is 7.25. The van der Waals surface area contributed by atoms with Crippen LogP contribution in [0.2, 0.25) is 0 Å². The molecule has 0 amide bonds. The van der Waals surface area contributed by atoms with Crippen molar-refractivity contribution < 1.29 is 0 Å². The number of fused-ring (bicyclic) bond motifs is 2. The van der Waals surface area contributed by atoms with Gasteiger partial charge in [0.25, 0.3) is 0 Å². The average Bonchev–Trinajstić information content (AvgIpc) is 3.52. The summed E-state index contributed by atoms with van der Waals surface area (Å²) in [5.74, 6) is 0.643. The average molecular weight is 396 g/mol. The second-order valence-electron chi connectivity index (χ2n) is 6.47. The van der Waals surface area contributed by atoms with Crippen molar-refractivity contribution in [3.63, 3.8) is 0 Å². The molecule has 0 spiro atoms. The van der Waals surface area contributed by atoms with Crippen LogP contribution in [0, 0.1) is 0 Å². The van der Waals surface area contributed by atoms with Crippen molar-refractivity contribution in [1.29, 1.82) is 0 Å². The smallest absolute Gasteiger partial charge is 0.161 e. The Balaban J connectivity index is 1.53. The predicted octanol–water partition coefficient (Wildman–Crippen LogP) is 4.08. The van der Waals surface area contributed by atoms with E-state index in [-0.39, 0.29) is 0 Å². The minimum Gasteiger partial charge on any atom is -0.321 e. The van der Waals surface area contributed by atoms with Crippen molar-refractivity contribution in [2.75, 3.05) is 0 Å². The lowest BCUT2D eigenvalue weighted by molar-refractivity contribution is 1.09. The first-order valence-corrected chi connectivity index (χ1v) is 9.78. The second kappa shape index (κ2) is 6.28. The Kier molecular flexibility index (Phi) is 3.47. The van der Waals surface area contributed by atoms with E-state index in [0.717, 1.165) is 38.8 Å². The van der Waals surface area contributed by atoms with Crippen LogP contribution in [0.3, 0.4) is 0 Å². The maximum Gasteiger partial charge on any atom is 0.161 e. The highest BCUT2D eigenvalue weighted by Gasteiger charge is 2.17. The molecule has 6 rings (SSSR count). The Morgan fingerprint density at radius 2 is 1.83 bits per heavy atom. The Morgan fingerprint density at radius 3 is 2.69 bits per heavy atom. The van der Waals surface area contributed by atoms with Crippen molar-refractivity contribution in [2.24, 2.45) is 0 Å². The molecule has 0 aliphatic carbocycles. The molecule has 0 aliphatic rings. The van der Waals surface area contributed by atoms with Gasteiger partial charge in [0.2, 0.25) is 0 Å². The molecule has 2 N–H and O–H groups in total. The first-order valence-electron chi connectivity index (χ1n) is 8.84. The van der Waals surface area contributed by atoms with Gasteiger partial charge in [-0.1, -0.05) is 0 Å². The summed E-state index contributed by atoms with van der Waals surface area (Å²) >= 11 is 1.65. The van der Waals surface area contributed by atoms with E-state index in [1.54, 1.807) is 36.1 Å². The molecule has 0 bridgehead atoms. The summed E-state index contributed by atoms with van der Waals surface area (Å²) in [6.45, 7) is 0. The van der Waals surface area contributed by atoms with E-state index in [1.165, 1.54) is 6.33 Å². The van der Waals surface area contributed by atoms with E-state index in [9.17, 15) is 0 Å². The number of H-pyrrole nitrogens is 2. The molecule has 8 nitrogen and oxygen atoms in total. The maximum absolute atomic E-state index is 4.82. The lowest BCUT2D eigenvalue weighted by Gasteiger charge is -2.00. The van der Waals surface area contributed by atoms with Crippen molar-refractivity contribution in [3.05, 3.63) is 60.1 Å². The zero-order valence-electron chi connectivity index (χ0n) is 14.9. The van der Waals surface area contributed by atoms with Gasteiger partial charge in [-0.05, 0) is 34.5 Å². The van der Waals surface area contributed by atoms with Crippen LogP contribution in [0.15, 0.2) is 60.1 Å². The summed E-state index contributed by atoms with van der Waals surface area (Å²) in [7, 11) is 0. The molecule has 6 heterocycles. The monoisotopic (exact) mass is 396 g/mol. The molecule has 6 aromatic rings. The largest absolute Gasteiger partial charge is 0.321 e.